The molecule has 0 amide bonds. The number of halogens is 1. The number of aryl methyl sites for hydroxylation is 1. The maximum absolute atomic E-state index is 11.7. The number of nitrogens with zero attached hydrogens (tertiary/aromatic N) is 2. The van der Waals surface area contributed by atoms with Gasteiger partial charge in [-0.15, -0.1) is 0 Å². The van der Waals surface area contributed by atoms with E-state index >= 15 is 0 Å². The van der Waals surface area contributed by atoms with Crippen molar-refractivity contribution in [1.29, 1.82) is 0 Å². The minimum absolute atomic E-state index is 0.132. The highest BCUT2D eigenvalue weighted by Crippen LogP contribution is 2.28. The number of para-hydroxylation sites is 1. The molecular formula is C15H13ClN2O2S. The van der Waals surface area contributed by atoms with Gasteiger partial charge in [0.15, 0.2) is 0 Å². The number of pyridine rings is 1. The third-order valence-electron chi connectivity index (χ3n) is 3.29. The van der Waals surface area contributed by atoms with Crippen LogP contribution in [0.5, 0.6) is 0 Å². The van der Waals surface area contributed by atoms with E-state index in [0.717, 1.165) is 16.9 Å². The zero-order chi connectivity index (χ0) is 15.0. The Morgan fingerprint density at radius 2 is 1.90 bits per heavy atom. The fourth-order valence-corrected chi connectivity index (χ4v) is 3.46. The molecule has 1 aromatic carbocycles. The van der Waals surface area contributed by atoms with Crippen molar-refractivity contribution < 1.29 is 8.42 Å². The average Bonchev–Trinajstić information content (AvgIpc) is 2.78. The number of hydrogen-bond donors (Lipinski definition) is 0. The fourth-order valence-electron chi connectivity index (χ4n) is 2.40. The summed E-state index contributed by atoms with van der Waals surface area (Å²) in [6.07, 6.45) is 1.57. The quantitative estimate of drug-likeness (QED) is 0.696. The first-order chi connectivity index (χ1) is 9.95. The van der Waals surface area contributed by atoms with E-state index in [9.17, 15) is 8.42 Å². The molecule has 0 fully saturated rings. The largest absolute Gasteiger partial charge is 0.340 e. The lowest BCUT2D eigenvalue weighted by molar-refractivity contribution is 0.609. The fraction of sp³-hybridized carbons (Fsp3) is 0.133. The van der Waals surface area contributed by atoms with Crippen LogP contribution < -0.4 is 0 Å². The first-order valence-electron chi connectivity index (χ1n) is 6.40. The number of benzene rings is 1. The highest BCUT2D eigenvalue weighted by atomic mass is 35.7. The van der Waals surface area contributed by atoms with Crippen LogP contribution in [0.15, 0.2) is 53.6 Å². The molecule has 0 aliphatic heterocycles. The zero-order valence-corrected chi connectivity index (χ0v) is 12.9. The molecule has 21 heavy (non-hydrogen) atoms. The SMILES string of the molecule is Cc1cccc(Cn2cc(S(=O)(=O)Cl)c3ccccc32)n1. The number of aromatic nitrogens is 2. The van der Waals surface area contributed by atoms with E-state index in [0.29, 0.717) is 11.9 Å². The second-order valence-corrected chi connectivity index (χ2v) is 7.38. The first-order valence-corrected chi connectivity index (χ1v) is 8.71. The third-order valence-corrected chi connectivity index (χ3v) is 4.64. The van der Waals surface area contributed by atoms with Crippen molar-refractivity contribution in [3.8, 4) is 0 Å². The van der Waals surface area contributed by atoms with E-state index in [1.54, 1.807) is 18.3 Å². The molecule has 2 aromatic heterocycles. The van der Waals surface area contributed by atoms with Crippen molar-refractivity contribution in [1.82, 2.24) is 9.55 Å². The predicted molar refractivity (Wildman–Crippen MR) is 83.1 cm³/mol. The molecule has 6 heteroatoms. The highest BCUT2D eigenvalue weighted by Gasteiger charge is 2.18. The lowest BCUT2D eigenvalue weighted by Gasteiger charge is -2.05. The van der Waals surface area contributed by atoms with Gasteiger partial charge in [-0.3, -0.25) is 4.98 Å². The summed E-state index contributed by atoms with van der Waals surface area (Å²) >= 11 is 0. The molecule has 3 rings (SSSR count). The van der Waals surface area contributed by atoms with Gasteiger partial charge in [0, 0.05) is 33.5 Å². The van der Waals surface area contributed by atoms with Crippen LogP contribution in [0.25, 0.3) is 10.9 Å². The molecule has 0 bridgehead atoms. The van der Waals surface area contributed by atoms with Gasteiger partial charge in [-0.05, 0) is 25.1 Å². The highest BCUT2D eigenvalue weighted by molar-refractivity contribution is 8.14. The minimum Gasteiger partial charge on any atom is -0.340 e. The molecule has 0 radical (unpaired) electrons. The second kappa shape index (κ2) is 5.16. The summed E-state index contributed by atoms with van der Waals surface area (Å²) in [6.45, 7) is 2.42. The molecule has 3 aromatic rings. The van der Waals surface area contributed by atoms with Gasteiger partial charge in [0.2, 0.25) is 0 Å². The van der Waals surface area contributed by atoms with Crippen LogP contribution >= 0.6 is 10.7 Å². The molecule has 0 N–H and O–H groups in total. The molecule has 0 saturated heterocycles. The Bertz CT molecular complexity index is 916. The monoisotopic (exact) mass is 320 g/mol. The molecule has 108 valence electrons. The van der Waals surface area contributed by atoms with Crippen LogP contribution in [0.3, 0.4) is 0 Å². The average molecular weight is 321 g/mol. The molecule has 0 aliphatic carbocycles. The van der Waals surface area contributed by atoms with E-state index in [1.165, 1.54) is 0 Å². The lowest BCUT2D eigenvalue weighted by atomic mass is 10.2. The lowest BCUT2D eigenvalue weighted by Crippen LogP contribution is -2.01. The van der Waals surface area contributed by atoms with Crippen molar-refractivity contribution in [3.05, 3.63) is 60.0 Å². The van der Waals surface area contributed by atoms with Crippen molar-refractivity contribution in [3.63, 3.8) is 0 Å². The molecular weight excluding hydrogens is 308 g/mol. The Morgan fingerprint density at radius 1 is 1.14 bits per heavy atom. The number of fused-ring (bicyclic) bond motifs is 1. The molecule has 0 aliphatic rings. The van der Waals surface area contributed by atoms with Crippen LogP contribution in [0.2, 0.25) is 0 Å². The molecule has 0 unspecified atom stereocenters. The zero-order valence-electron chi connectivity index (χ0n) is 11.3. The van der Waals surface area contributed by atoms with Crippen LogP contribution in [0, 0.1) is 6.92 Å². The summed E-state index contributed by atoms with van der Waals surface area (Å²) in [6, 6.07) is 13.1. The smallest absolute Gasteiger partial charge is 0.263 e. The van der Waals surface area contributed by atoms with Gasteiger partial charge >= 0.3 is 0 Å². The Kier molecular flexibility index (Phi) is 3.47. The second-order valence-electron chi connectivity index (χ2n) is 4.85. The van der Waals surface area contributed by atoms with Crippen molar-refractivity contribution >= 4 is 30.6 Å². The van der Waals surface area contributed by atoms with Crippen molar-refractivity contribution in [2.75, 3.05) is 0 Å². The molecule has 0 saturated carbocycles. The van der Waals surface area contributed by atoms with Crippen molar-refractivity contribution in [2.24, 2.45) is 0 Å². The van der Waals surface area contributed by atoms with Crippen LogP contribution in [0.1, 0.15) is 11.4 Å². The van der Waals surface area contributed by atoms with E-state index < -0.39 is 9.05 Å². The summed E-state index contributed by atoms with van der Waals surface area (Å²) in [7, 11) is 1.74. The number of hydrogen-bond acceptors (Lipinski definition) is 3. The van der Waals surface area contributed by atoms with E-state index in [-0.39, 0.29) is 4.90 Å². The predicted octanol–water partition coefficient (Wildman–Crippen LogP) is 3.32. The van der Waals surface area contributed by atoms with Gasteiger partial charge in [-0.25, -0.2) is 8.42 Å². The van der Waals surface area contributed by atoms with Gasteiger partial charge in [-0.2, -0.15) is 0 Å². The standard InChI is InChI=1S/C15H13ClN2O2S/c1-11-5-4-6-12(17-11)9-18-10-15(21(16,19)20)13-7-2-3-8-14(13)18/h2-8,10H,9H2,1H3. The summed E-state index contributed by atoms with van der Waals surface area (Å²) in [5.41, 5.74) is 2.61. The minimum atomic E-state index is -3.78. The van der Waals surface area contributed by atoms with Crippen LogP contribution in [-0.2, 0) is 15.6 Å². The summed E-state index contributed by atoms with van der Waals surface area (Å²) in [4.78, 5) is 4.58. The Balaban J connectivity index is 2.15. The van der Waals surface area contributed by atoms with Gasteiger partial charge in [0.05, 0.1) is 12.2 Å². The van der Waals surface area contributed by atoms with Crippen LogP contribution in [0.4, 0.5) is 0 Å². The normalized spacial score (nSPS) is 11.9. The summed E-state index contributed by atoms with van der Waals surface area (Å²) < 4.78 is 25.3. The van der Waals surface area contributed by atoms with Gasteiger partial charge in [-0.1, -0.05) is 24.3 Å². The number of rotatable bonds is 3. The first kappa shape index (κ1) is 14.1. The summed E-state index contributed by atoms with van der Waals surface area (Å²) in [5.74, 6) is 0. The van der Waals surface area contributed by atoms with E-state index in [4.69, 9.17) is 10.7 Å². The van der Waals surface area contributed by atoms with Crippen molar-refractivity contribution in [2.45, 2.75) is 18.4 Å². The van der Waals surface area contributed by atoms with Gasteiger partial charge in [0.1, 0.15) is 4.90 Å². The van der Waals surface area contributed by atoms with E-state index in [1.807, 2.05) is 41.8 Å². The molecule has 2 heterocycles. The van der Waals surface area contributed by atoms with Gasteiger partial charge in [0.25, 0.3) is 9.05 Å². The molecule has 0 spiro atoms. The van der Waals surface area contributed by atoms with Gasteiger partial charge < -0.3 is 4.57 Å². The topological polar surface area (TPSA) is 52.0 Å². The maximum Gasteiger partial charge on any atom is 0.263 e. The maximum atomic E-state index is 11.7. The Labute approximate surface area is 127 Å². The Hall–Kier alpha value is -1.85. The third kappa shape index (κ3) is 2.80. The summed E-state index contributed by atoms with van der Waals surface area (Å²) in [5, 5.41) is 0.625. The molecule has 0 atom stereocenters. The van der Waals surface area contributed by atoms with E-state index in [2.05, 4.69) is 4.98 Å². The van der Waals surface area contributed by atoms with Crippen LogP contribution in [-0.4, -0.2) is 18.0 Å². The Morgan fingerprint density at radius 3 is 2.62 bits per heavy atom. The molecule has 4 nitrogen and oxygen atoms in total.